The molecule has 0 aromatic carbocycles. The van der Waals surface area contributed by atoms with E-state index in [1.807, 2.05) is 27.7 Å². The van der Waals surface area contributed by atoms with Gasteiger partial charge in [-0.15, -0.1) is 6.42 Å². The van der Waals surface area contributed by atoms with Crippen LogP contribution >= 0.6 is 0 Å². The molecular formula is C14H21N3O2. The zero-order chi connectivity index (χ0) is 14.6. The highest BCUT2D eigenvalue weighted by Crippen LogP contribution is 2.51. The Morgan fingerprint density at radius 1 is 1.47 bits per heavy atom. The maximum atomic E-state index is 12.2. The summed E-state index contributed by atoms with van der Waals surface area (Å²) in [6.45, 7) is 9.63. The standard InChI is InChI=1S/C14H21N3O2/c1-7-9(2)17-11(18)16-10(15)14(17)8-12(3,4)19-13(14,5)6/h1,9H,8H2,2-6H3,(H2,15,16,18). The van der Waals surface area contributed by atoms with Crippen molar-refractivity contribution in [2.75, 3.05) is 0 Å². The van der Waals surface area contributed by atoms with Crippen molar-refractivity contribution in [2.24, 2.45) is 10.7 Å². The summed E-state index contributed by atoms with van der Waals surface area (Å²) in [5.41, 5.74) is 4.29. The third kappa shape index (κ3) is 1.67. The van der Waals surface area contributed by atoms with Crippen LogP contribution in [0, 0.1) is 12.3 Å². The highest BCUT2D eigenvalue weighted by Gasteiger charge is 2.67. The van der Waals surface area contributed by atoms with Crippen LogP contribution in [0.4, 0.5) is 4.79 Å². The van der Waals surface area contributed by atoms with E-state index >= 15 is 0 Å². The first-order valence-electron chi connectivity index (χ1n) is 6.42. The summed E-state index contributed by atoms with van der Waals surface area (Å²) >= 11 is 0. The Labute approximate surface area is 114 Å². The molecule has 0 aromatic heterocycles. The lowest BCUT2D eigenvalue weighted by Gasteiger charge is -2.44. The molecule has 2 aliphatic heterocycles. The molecule has 0 aromatic rings. The summed E-state index contributed by atoms with van der Waals surface area (Å²) in [5, 5.41) is 0. The molecule has 5 heteroatoms. The lowest BCUT2D eigenvalue weighted by molar-refractivity contribution is -0.0855. The lowest BCUT2D eigenvalue weighted by atomic mass is 9.76. The number of nitrogens with zero attached hydrogens (tertiary/aromatic N) is 2. The molecule has 1 spiro atoms. The molecule has 2 N–H and O–H groups in total. The maximum absolute atomic E-state index is 12.2. The second-order valence-corrected chi connectivity index (χ2v) is 6.40. The van der Waals surface area contributed by atoms with Gasteiger partial charge in [-0.25, -0.2) is 4.79 Å². The Balaban J connectivity index is 2.60. The van der Waals surface area contributed by atoms with Gasteiger partial charge in [0.25, 0.3) is 0 Å². The van der Waals surface area contributed by atoms with Gasteiger partial charge in [0, 0.05) is 6.42 Å². The highest BCUT2D eigenvalue weighted by molar-refractivity contribution is 6.07. The quantitative estimate of drug-likeness (QED) is 0.729. The fraction of sp³-hybridized carbons (Fsp3) is 0.714. The van der Waals surface area contributed by atoms with E-state index in [9.17, 15) is 4.79 Å². The number of carbonyl (C=O) groups is 1. The van der Waals surface area contributed by atoms with Crippen LogP contribution in [0.1, 0.15) is 41.0 Å². The van der Waals surface area contributed by atoms with Crippen LogP contribution in [0.2, 0.25) is 0 Å². The SMILES string of the molecule is C#CC(C)N1C(=O)N=C(N)C12CC(C)(C)OC2(C)C. The predicted molar refractivity (Wildman–Crippen MR) is 73.7 cm³/mol. The number of terminal acetylenes is 1. The average Bonchev–Trinajstić information content (AvgIpc) is 2.58. The fourth-order valence-electron chi connectivity index (χ4n) is 3.52. The van der Waals surface area contributed by atoms with Crippen molar-refractivity contribution in [3.8, 4) is 12.3 Å². The van der Waals surface area contributed by atoms with Crippen molar-refractivity contribution in [1.29, 1.82) is 0 Å². The van der Waals surface area contributed by atoms with E-state index in [4.69, 9.17) is 16.9 Å². The van der Waals surface area contributed by atoms with Crippen LogP contribution in [0.15, 0.2) is 4.99 Å². The van der Waals surface area contributed by atoms with Crippen molar-refractivity contribution in [1.82, 2.24) is 4.90 Å². The zero-order valence-corrected chi connectivity index (χ0v) is 12.2. The molecule has 5 nitrogen and oxygen atoms in total. The molecule has 19 heavy (non-hydrogen) atoms. The Hall–Kier alpha value is -1.54. The van der Waals surface area contributed by atoms with Crippen LogP contribution < -0.4 is 5.73 Å². The Morgan fingerprint density at radius 3 is 2.47 bits per heavy atom. The summed E-state index contributed by atoms with van der Waals surface area (Å²) < 4.78 is 6.09. The van der Waals surface area contributed by atoms with Gasteiger partial charge in [-0.05, 0) is 34.6 Å². The van der Waals surface area contributed by atoms with E-state index in [0.717, 1.165) is 0 Å². The second kappa shape index (κ2) is 3.73. The zero-order valence-electron chi connectivity index (χ0n) is 12.2. The number of aliphatic imine (C=N–C) groups is 1. The molecule has 2 rings (SSSR count). The van der Waals surface area contributed by atoms with Gasteiger partial charge in [0.2, 0.25) is 0 Å². The topological polar surface area (TPSA) is 67.9 Å². The summed E-state index contributed by atoms with van der Waals surface area (Å²) in [7, 11) is 0. The van der Waals surface area contributed by atoms with Crippen molar-refractivity contribution in [3.05, 3.63) is 0 Å². The number of amides is 2. The van der Waals surface area contributed by atoms with Crippen molar-refractivity contribution in [2.45, 2.75) is 63.8 Å². The number of rotatable bonds is 1. The molecule has 2 aliphatic rings. The molecular weight excluding hydrogens is 242 g/mol. The highest BCUT2D eigenvalue weighted by atomic mass is 16.5. The van der Waals surface area contributed by atoms with Crippen LogP contribution in [-0.2, 0) is 4.74 Å². The first-order valence-corrected chi connectivity index (χ1v) is 6.42. The molecule has 2 heterocycles. The number of hydrogen-bond acceptors (Lipinski definition) is 3. The molecule has 104 valence electrons. The Morgan fingerprint density at radius 2 is 2.05 bits per heavy atom. The van der Waals surface area contributed by atoms with E-state index in [-0.39, 0.29) is 17.7 Å². The largest absolute Gasteiger partial charge is 0.385 e. The summed E-state index contributed by atoms with van der Waals surface area (Å²) in [4.78, 5) is 17.7. The van der Waals surface area contributed by atoms with E-state index in [0.29, 0.717) is 12.3 Å². The predicted octanol–water partition coefficient (Wildman–Crippen LogP) is 1.52. The number of carbonyl (C=O) groups excluding carboxylic acids is 1. The molecule has 0 aliphatic carbocycles. The average molecular weight is 263 g/mol. The van der Waals surface area contributed by atoms with Gasteiger partial charge < -0.3 is 10.5 Å². The minimum absolute atomic E-state index is 0.301. The molecule has 0 bridgehead atoms. The third-order valence-electron chi connectivity index (χ3n) is 4.09. The Bertz CT molecular complexity index is 501. The minimum Gasteiger partial charge on any atom is -0.385 e. The van der Waals surface area contributed by atoms with Crippen LogP contribution in [0.25, 0.3) is 0 Å². The van der Waals surface area contributed by atoms with Gasteiger partial charge in [-0.3, -0.25) is 4.90 Å². The smallest absolute Gasteiger partial charge is 0.347 e. The summed E-state index contributed by atoms with van der Waals surface area (Å²) in [6.07, 6.45) is 6.07. The molecule has 2 unspecified atom stereocenters. The number of hydrogen-bond donors (Lipinski definition) is 1. The monoisotopic (exact) mass is 263 g/mol. The van der Waals surface area contributed by atoms with Gasteiger partial charge in [0.15, 0.2) is 0 Å². The van der Waals surface area contributed by atoms with Gasteiger partial charge in [-0.1, -0.05) is 5.92 Å². The maximum Gasteiger partial charge on any atom is 0.347 e. The van der Waals surface area contributed by atoms with E-state index < -0.39 is 11.1 Å². The van der Waals surface area contributed by atoms with Gasteiger partial charge in [0.05, 0.1) is 17.2 Å². The van der Waals surface area contributed by atoms with Crippen LogP contribution in [0.3, 0.4) is 0 Å². The van der Waals surface area contributed by atoms with Crippen molar-refractivity contribution in [3.63, 3.8) is 0 Å². The molecule has 2 amide bonds. The van der Waals surface area contributed by atoms with E-state index in [1.165, 1.54) is 0 Å². The number of nitrogens with two attached hydrogens (primary N) is 1. The molecule has 1 fully saturated rings. The normalized spacial score (nSPS) is 33.4. The van der Waals surface area contributed by atoms with E-state index in [1.54, 1.807) is 11.8 Å². The molecule has 1 saturated heterocycles. The van der Waals surface area contributed by atoms with Crippen molar-refractivity contribution < 1.29 is 9.53 Å². The summed E-state index contributed by atoms with van der Waals surface area (Å²) in [6, 6.07) is -0.758. The number of urea groups is 1. The molecule has 2 atom stereocenters. The molecule has 0 radical (unpaired) electrons. The second-order valence-electron chi connectivity index (χ2n) is 6.40. The molecule has 0 saturated carbocycles. The first kappa shape index (κ1) is 13.9. The number of amidine groups is 1. The number of ether oxygens (including phenoxy) is 1. The Kier molecular flexibility index (Phi) is 2.73. The van der Waals surface area contributed by atoms with Crippen LogP contribution in [-0.4, -0.2) is 39.5 Å². The lowest BCUT2D eigenvalue weighted by Crippen LogP contribution is -2.65. The van der Waals surface area contributed by atoms with E-state index in [2.05, 4.69) is 10.9 Å². The van der Waals surface area contributed by atoms with Crippen LogP contribution in [0.5, 0.6) is 0 Å². The minimum atomic E-state index is -0.765. The summed E-state index contributed by atoms with van der Waals surface area (Å²) in [5.74, 6) is 2.90. The van der Waals surface area contributed by atoms with Gasteiger partial charge in [-0.2, -0.15) is 4.99 Å². The van der Waals surface area contributed by atoms with Gasteiger partial charge in [0.1, 0.15) is 11.4 Å². The van der Waals surface area contributed by atoms with Gasteiger partial charge >= 0.3 is 6.03 Å². The third-order valence-corrected chi connectivity index (χ3v) is 4.09. The fourth-order valence-corrected chi connectivity index (χ4v) is 3.52. The first-order chi connectivity index (χ1) is 8.57. The van der Waals surface area contributed by atoms with Crippen molar-refractivity contribution >= 4 is 11.9 Å².